The van der Waals surface area contributed by atoms with E-state index in [0.29, 0.717) is 23.8 Å². The molecule has 0 aliphatic carbocycles. The fourth-order valence-corrected chi connectivity index (χ4v) is 5.61. The van der Waals surface area contributed by atoms with Gasteiger partial charge in [-0.25, -0.2) is 13.1 Å². The lowest BCUT2D eigenvalue weighted by Gasteiger charge is -2.16. The van der Waals surface area contributed by atoms with Crippen molar-refractivity contribution in [1.29, 1.82) is 0 Å². The van der Waals surface area contributed by atoms with Crippen molar-refractivity contribution < 1.29 is 13.2 Å². The Morgan fingerprint density at radius 3 is 2.63 bits per heavy atom. The summed E-state index contributed by atoms with van der Waals surface area (Å²) in [4.78, 5) is 13.7. The number of hydrogen-bond acceptors (Lipinski definition) is 6. The highest BCUT2D eigenvalue weighted by molar-refractivity contribution is 7.99. The van der Waals surface area contributed by atoms with Gasteiger partial charge in [0.2, 0.25) is 15.9 Å². The minimum absolute atomic E-state index is 0.146. The molecule has 0 bridgehead atoms. The van der Waals surface area contributed by atoms with Gasteiger partial charge in [-0.05, 0) is 51.0 Å². The molecule has 1 N–H and O–H groups in total. The van der Waals surface area contributed by atoms with E-state index < -0.39 is 16.1 Å². The molecule has 1 saturated heterocycles. The summed E-state index contributed by atoms with van der Waals surface area (Å²) in [5, 5.41) is 9.70. The Balaban J connectivity index is 1.61. The molecular formula is C19H26ClN5O3S2. The number of nitrogens with one attached hydrogen (secondary N) is 1. The fourth-order valence-electron chi connectivity index (χ4n) is 3.35. The average Bonchev–Trinajstić information content (AvgIpc) is 3.31. The number of nitrogens with zero attached hydrogens (tertiary/aromatic N) is 4. The summed E-state index contributed by atoms with van der Waals surface area (Å²) in [6.45, 7) is 5.96. The van der Waals surface area contributed by atoms with Gasteiger partial charge in [0, 0.05) is 36.8 Å². The minimum Gasteiger partial charge on any atom is -0.343 e. The number of carbonyl (C=O) groups is 1. The third-order valence-electron chi connectivity index (χ3n) is 4.88. The van der Waals surface area contributed by atoms with E-state index in [9.17, 15) is 13.2 Å². The molecule has 1 aliphatic heterocycles. The van der Waals surface area contributed by atoms with Crippen molar-refractivity contribution in [3.8, 4) is 0 Å². The van der Waals surface area contributed by atoms with E-state index in [2.05, 4.69) is 14.9 Å². The van der Waals surface area contributed by atoms with Gasteiger partial charge in [0.1, 0.15) is 0 Å². The van der Waals surface area contributed by atoms with Crippen molar-refractivity contribution in [2.24, 2.45) is 0 Å². The Labute approximate surface area is 186 Å². The Bertz CT molecular complexity index is 979. The third kappa shape index (κ3) is 5.54. The van der Waals surface area contributed by atoms with E-state index in [4.69, 9.17) is 11.6 Å². The summed E-state index contributed by atoms with van der Waals surface area (Å²) in [7, 11) is -3.71. The van der Waals surface area contributed by atoms with Crippen LogP contribution in [0.5, 0.6) is 0 Å². The predicted molar refractivity (Wildman–Crippen MR) is 117 cm³/mol. The van der Waals surface area contributed by atoms with E-state index in [1.54, 1.807) is 30.8 Å². The van der Waals surface area contributed by atoms with E-state index in [1.165, 1.54) is 12.1 Å². The summed E-state index contributed by atoms with van der Waals surface area (Å²) in [6.07, 6.45) is 2.48. The largest absolute Gasteiger partial charge is 0.343 e. The monoisotopic (exact) mass is 471 g/mol. The van der Waals surface area contributed by atoms with Crippen LogP contribution in [0, 0.1) is 0 Å². The van der Waals surface area contributed by atoms with Gasteiger partial charge in [0.05, 0.1) is 10.9 Å². The van der Waals surface area contributed by atoms with Gasteiger partial charge in [0.15, 0.2) is 11.0 Å². The van der Waals surface area contributed by atoms with E-state index >= 15 is 0 Å². The Morgan fingerprint density at radius 2 is 2.00 bits per heavy atom. The van der Waals surface area contributed by atoms with Crippen LogP contribution in [0.2, 0.25) is 5.02 Å². The maximum absolute atomic E-state index is 12.6. The predicted octanol–water partition coefficient (Wildman–Crippen LogP) is 3.10. The quantitative estimate of drug-likeness (QED) is 0.422. The third-order valence-corrected chi connectivity index (χ3v) is 7.74. The van der Waals surface area contributed by atoms with E-state index in [0.717, 1.165) is 36.8 Å². The Kier molecular flexibility index (Phi) is 7.78. The number of sulfonamides is 1. The van der Waals surface area contributed by atoms with E-state index in [1.807, 2.05) is 16.4 Å². The highest BCUT2D eigenvalue weighted by atomic mass is 35.5. The number of likely N-dealkylation sites (tertiary alicyclic amines) is 1. The molecule has 0 saturated carbocycles. The molecule has 1 aliphatic rings. The Hall–Kier alpha value is -1.62. The van der Waals surface area contributed by atoms with Crippen LogP contribution in [0.3, 0.4) is 0 Å². The van der Waals surface area contributed by atoms with Gasteiger partial charge in [0.25, 0.3) is 0 Å². The van der Waals surface area contributed by atoms with Gasteiger partial charge in [-0.2, -0.15) is 0 Å². The highest BCUT2D eigenvalue weighted by Gasteiger charge is 2.24. The second-order valence-electron chi connectivity index (χ2n) is 7.07. The van der Waals surface area contributed by atoms with E-state index in [-0.39, 0.29) is 10.8 Å². The lowest BCUT2D eigenvalue weighted by Crippen LogP contribution is -2.29. The van der Waals surface area contributed by atoms with Crippen molar-refractivity contribution in [3.63, 3.8) is 0 Å². The molecule has 164 valence electrons. The summed E-state index contributed by atoms with van der Waals surface area (Å²) in [5.41, 5.74) is 0. The molecule has 30 heavy (non-hydrogen) atoms. The maximum Gasteiger partial charge on any atom is 0.241 e. The van der Waals surface area contributed by atoms with Crippen LogP contribution in [-0.2, 0) is 21.4 Å². The smallest absolute Gasteiger partial charge is 0.241 e. The second kappa shape index (κ2) is 10.1. The molecule has 1 amide bonds. The number of carbonyl (C=O) groups excluding carboxylic acids is 1. The van der Waals surface area contributed by atoms with Crippen LogP contribution in [0.1, 0.15) is 45.0 Å². The fraction of sp³-hybridized carbons (Fsp3) is 0.526. The number of rotatable bonds is 10. The summed E-state index contributed by atoms with van der Waals surface area (Å²) < 4.78 is 29.9. The molecule has 11 heteroatoms. The highest BCUT2D eigenvalue weighted by Crippen LogP contribution is 2.23. The average molecular weight is 472 g/mol. The van der Waals surface area contributed by atoms with Crippen molar-refractivity contribution in [2.75, 3.05) is 18.8 Å². The molecule has 0 radical (unpaired) electrons. The van der Waals surface area contributed by atoms with Crippen LogP contribution in [0.15, 0.2) is 34.3 Å². The first-order valence-electron chi connectivity index (χ1n) is 9.93. The van der Waals surface area contributed by atoms with Gasteiger partial charge < -0.3 is 9.47 Å². The molecule has 2 heterocycles. The van der Waals surface area contributed by atoms with Crippen LogP contribution >= 0.6 is 23.4 Å². The van der Waals surface area contributed by atoms with Crippen molar-refractivity contribution in [1.82, 2.24) is 24.4 Å². The normalized spacial score (nSPS) is 15.7. The number of halogens is 1. The molecule has 2 aromatic rings. The standard InChI is InChI=1S/C19H26ClN5O3S2/c1-3-25-18(14(2)23-30(27,28)16-9-7-15(20)8-10-16)21-22-19(25)29-13-5-12-24-11-4-6-17(24)26/h7-10,14,23H,3-6,11-13H2,1-2H3/t14-/m1/s1. The lowest BCUT2D eigenvalue weighted by atomic mass is 10.3. The van der Waals surface area contributed by atoms with Gasteiger partial charge in [-0.3, -0.25) is 4.79 Å². The second-order valence-corrected chi connectivity index (χ2v) is 10.3. The molecule has 8 nitrogen and oxygen atoms in total. The minimum atomic E-state index is -3.71. The molecule has 0 unspecified atom stereocenters. The van der Waals surface area contributed by atoms with Crippen molar-refractivity contribution in [3.05, 3.63) is 35.1 Å². The lowest BCUT2D eigenvalue weighted by molar-refractivity contribution is -0.127. The molecular weight excluding hydrogens is 446 g/mol. The number of amides is 1. The number of benzene rings is 1. The number of hydrogen-bond donors (Lipinski definition) is 1. The molecule has 1 fully saturated rings. The molecule has 0 spiro atoms. The zero-order valence-electron chi connectivity index (χ0n) is 17.0. The zero-order chi connectivity index (χ0) is 21.7. The van der Waals surface area contributed by atoms with Gasteiger partial charge in [-0.15, -0.1) is 10.2 Å². The summed E-state index contributed by atoms with van der Waals surface area (Å²) >= 11 is 7.41. The topological polar surface area (TPSA) is 97.2 Å². The maximum atomic E-state index is 12.6. The van der Waals surface area contributed by atoms with Crippen LogP contribution < -0.4 is 4.72 Å². The zero-order valence-corrected chi connectivity index (χ0v) is 19.4. The first kappa shape index (κ1) is 23.1. The van der Waals surface area contributed by atoms with Crippen LogP contribution in [0.4, 0.5) is 0 Å². The van der Waals surface area contributed by atoms with Crippen LogP contribution in [0.25, 0.3) is 0 Å². The first-order valence-corrected chi connectivity index (χ1v) is 12.8. The molecule has 1 aromatic carbocycles. The first-order chi connectivity index (χ1) is 14.3. The van der Waals surface area contributed by atoms with Crippen LogP contribution in [-0.4, -0.2) is 52.8 Å². The van der Waals surface area contributed by atoms with Crippen molar-refractivity contribution >= 4 is 39.3 Å². The SMILES string of the molecule is CCn1c(SCCCN2CCCC2=O)nnc1[C@@H](C)NS(=O)(=O)c1ccc(Cl)cc1. The Morgan fingerprint density at radius 1 is 1.27 bits per heavy atom. The summed E-state index contributed by atoms with van der Waals surface area (Å²) in [6, 6.07) is 5.47. The van der Waals surface area contributed by atoms with Gasteiger partial charge in [-0.1, -0.05) is 23.4 Å². The van der Waals surface area contributed by atoms with Crippen molar-refractivity contribution in [2.45, 2.75) is 55.7 Å². The summed E-state index contributed by atoms with van der Waals surface area (Å²) in [5.74, 6) is 1.61. The number of aromatic nitrogens is 3. The molecule has 3 rings (SSSR count). The molecule has 1 atom stereocenters. The number of thioether (sulfide) groups is 1. The van der Waals surface area contributed by atoms with Gasteiger partial charge >= 0.3 is 0 Å². The molecule has 1 aromatic heterocycles.